The molecule has 3 heterocycles. The van der Waals surface area contributed by atoms with Gasteiger partial charge in [0, 0.05) is 29.6 Å². The molecule has 1 N–H and O–H groups in total. The van der Waals surface area contributed by atoms with Crippen LogP contribution in [0, 0.1) is 11.3 Å². The summed E-state index contributed by atoms with van der Waals surface area (Å²) in [5, 5.41) is 8.56. The van der Waals surface area contributed by atoms with E-state index in [4.69, 9.17) is 9.97 Å². The van der Waals surface area contributed by atoms with Gasteiger partial charge in [0.25, 0.3) is 0 Å². The zero-order valence-corrected chi connectivity index (χ0v) is 24.8. The van der Waals surface area contributed by atoms with Crippen molar-refractivity contribution in [1.29, 1.82) is 0 Å². The number of nitrogens with zero attached hydrogens (tertiary/aromatic N) is 3. The lowest BCUT2D eigenvalue weighted by molar-refractivity contribution is 0.408. The summed E-state index contributed by atoms with van der Waals surface area (Å²) in [5.74, 6) is 2.16. The van der Waals surface area contributed by atoms with E-state index < -0.39 is 0 Å². The summed E-state index contributed by atoms with van der Waals surface area (Å²) in [6.07, 6.45) is 8.38. The highest BCUT2D eigenvalue weighted by atomic mass is 32.1. The number of pyridine rings is 1. The average molecular weight is 539 g/mol. The molecule has 4 nitrogen and oxygen atoms in total. The summed E-state index contributed by atoms with van der Waals surface area (Å²) < 4.78 is 3.94. The molecule has 5 heteroatoms. The minimum atomic E-state index is 0.140. The van der Waals surface area contributed by atoms with E-state index in [1.165, 1.54) is 57.2 Å². The van der Waals surface area contributed by atoms with E-state index in [1.54, 1.807) is 0 Å². The zero-order chi connectivity index (χ0) is 27.0. The molecule has 204 valence electrons. The largest absolute Gasteiger partial charge is 0.323 e. The predicted molar refractivity (Wildman–Crippen MR) is 167 cm³/mol. The van der Waals surface area contributed by atoms with Gasteiger partial charge in [-0.1, -0.05) is 77.3 Å². The van der Waals surface area contributed by atoms with E-state index in [1.807, 2.05) is 11.3 Å². The second-order valence-corrected chi connectivity index (χ2v) is 13.6. The number of rotatable bonds is 11. The third-order valence-electron chi connectivity index (χ3n) is 8.05. The van der Waals surface area contributed by atoms with Gasteiger partial charge in [0.1, 0.15) is 11.3 Å². The Kier molecular flexibility index (Phi) is 7.47. The summed E-state index contributed by atoms with van der Waals surface area (Å²) in [5.41, 5.74) is 7.47. The summed E-state index contributed by atoms with van der Waals surface area (Å²) >= 11 is 1.88. The van der Waals surface area contributed by atoms with Crippen molar-refractivity contribution < 1.29 is 0 Å². The van der Waals surface area contributed by atoms with Crippen molar-refractivity contribution in [3.63, 3.8) is 0 Å². The molecule has 1 aliphatic carbocycles. The van der Waals surface area contributed by atoms with Gasteiger partial charge in [-0.05, 0) is 71.2 Å². The lowest BCUT2D eigenvalue weighted by atomic mass is 9.89. The Labute approximate surface area is 236 Å². The lowest BCUT2D eigenvalue weighted by Crippen LogP contribution is -2.15. The molecule has 2 aromatic carbocycles. The van der Waals surface area contributed by atoms with Crippen LogP contribution >= 0.6 is 11.3 Å². The Morgan fingerprint density at radius 3 is 2.62 bits per heavy atom. The number of benzene rings is 2. The molecular formula is C34H42N4S. The monoisotopic (exact) mass is 538 g/mol. The van der Waals surface area contributed by atoms with E-state index in [2.05, 4.69) is 85.4 Å². The highest BCUT2D eigenvalue weighted by Crippen LogP contribution is 2.35. The smallest absolute Gasteiger partial charge is 0.111 e. The number of aryl methyl sites for hydroxylation is 1. The van der Waals surface area contributed by atoms with E-state index in [9.17, 15) is 0 Å². The van der Waals surface area contributed by atoms with Crippen LogP contribution in [0.3, 0.4) is 0 Å². The summed E-state index contributed by atoms with van der Waals surface area (Å²) in [4.78, 5) is 10.5. The summed E-state index contributed by atoms with van der Waals surface area (Å²) in [6.45, 7) is 12.1. The van der Waals surface area contributed by atoms with Crippen LogP contribution in [0.1, 0.15) is 82.4 Å². The Morgan fingerprint density at radius 2 is 1.82 bits per heavy atom. The SMILES string of the molecule is CCCCc1nc2c(CC(C)(C)C)nc3ccccc3c2n1Cc1ccc(CNCCC2CC2)c2sccc12. The van der Waals surface area contributed by atoms with Gasteiger partial charge in [-0.3, -0.25) is 4.98 Å². The third-order valence-corrected chi connectivity index (χ3v) is 9.03. The molecule has 0 unspecified atom stereocenters. The van der Waals surface area contributed by atoms with Crippen molar-refractivity contribution in [2.24, 2.45) is 11.3 Å². The van der Waals surface area contributed by atoms with Crippen LogP contribution in [-0.4, -0.2) is 21.1 Å². The standard InChI is InChI=1S/C34H42N4S/c1-5-6-11-30-37-31-29(20-34(2,3)4)36-28-10-8-7-9-27(28)32(31)38(30)22-25-15-14-24(33-26(25)17-19-39-33)21-35-18-16-23-12-13-23/h7-10,14-15,17,19,23,35H,5-6,11-13,16,18,20-22H2,1-4H3. The first-order valence-corrected chi connectivity index (χ1v) is 15.7. The molecular weight excluding hydrogens is 496 g/mol. The van der Waals surface area contributed by atoms with E-state index in [0.717, 1.165) is 68.0 Å². The number of thiophene rings is 1. The van der Waals surface area contributed by atoms with Crippen LogP contribution < -0.4 is 5.32 Å². The number of fused-ring (bicyclic) bond motifs is 4. The normalized spacial score (nSPS) is 14.3. The van der Waals surface area contributed by atoms with Crippen LogP contribution in [0.15, 0.2) is 47.8 Å². The Morgan fingerprint density at radius 1 is 1.00 bits per heavy atom. The highest BCUT2D eigenvalue weighted by molar-refractivity contribution is 7.17. The zero-order valence-electron chi connectivity index (χ0n) is 24.0. The minimum Gasteiger partial charge on any atom is -0.323 e. The number of aromatic nitrogens is 3. The molecule has 39 heavy (non-hydrogen) atoms. The van der Waals surface area contributed by atoms with Crippen molar-refractivity contribution in [1.82, 2.24) is 19.9 Å². The van der Waals surface area contributed by atoms with Crippen LogP contribution in [0.2, 0.25) is 0 Å². The molecule has 0 bridgehead atoms. The number of hydrogen-bond acceptors (Lipinski definition) is 4. The fourth-order valence-corrected chi connectivity index (χ4v) is 6.78. The molecule has 0 atom stereocenters. The molecule has 1 saturated carbocycles. The second kappa shape index (κ2) is 11.0. The molecule has 0 spiro atoms. The quantitative estimate of drug-likeness (QED) is 0.171. The van der Waals surface area contributed by atoms with Gasteiger partial charge in [0.05, 0.1) is 16.7 Å². The first-order chi connectivity index (χ1) is 18.9. The molecule has 6 rings (SSSR count). The lowest BCUT2D eigenvalue weighted by Gasteiger charge is -2.18. The topological polar surface area (TPSA) is 42.7 Å². The predicted octanol–water partition coefficient (Wildman–Crippen LogP) is 8.67. The van der Waals surface area contributed by atoms with Crippen LogP contribution in [0.4, 0.5) is 0 Å². The molecule has 0 aliphatic heterocycles. The fraction of sp³-hybridized carbons (Fsp3) is 0.471. The van der Waals surface area contributed by atoms with Crippen LogP contribution in [-0.2, 0) is 25.9 Å². The molecule has 5 aromatic rings. The van der Waals surface area contributed by atoms with E-state index in [0.29, 0.717) is 0 Å². The maximum Gasteiger partial charge on any atom is 0.111 e. The molecule has 0 saturated heterocycles. The second-order valence-electron chi connectivity index (χ2n) is 12.7. The maximum atomic E-state index is 5.33. The third kappa shape index (κ3) is 5.76. The first kappa shape index (κ1) is 26.5. The maximum absolute atomic E-state index is 5.33. The molecule has 3 aromatic heterocycles. The van der Waals surface area contributed by atoms with Crippen molar-refractivity contribution in [2.75, 3.05) is 6.54 Å². The molecule has 0 radical (unpaired) electrons. The van der Waals surface area contributed by atoms with Gasteiger partial charge in [-0.15, -0.1) is 11.3 Å². The number of hydrogen-bond donors (Lipinski definition) is 1. The van der Waals surface area contributed by atoms with Crippen LogP contribution in [0.5, 0.6) is 0 Å². The van der Waals surface area contributed by atoms with Crippen LogP contribution in [0.25, 0.3) is 32.0 Å². The summed E-state index contributed by atoms with van der Waals surface area (Å²) in [6, 6.07) is 15.7. The van der Waals surface area contributed by atoms with Crippen molar-refractivity contribution in [3.8, 4) is 0 Å². The minimum absolute atomic E-state index is 0.140. The molecule has 1 fully saturated rings. The fourth-order valence-electron chi connectivity index (χ4n) is 5.83. The van der Waals surface area contributed by atoms with Crippen molar-refractivity contribution >= 4 is 43.4 Å². The van der Waals surface area contributed by atoms with E-state index >= 15 is 0 Å². The first-order valence-electron chi connectivity index (χ1n) is 14.9. The Bertz CT molecular complexity index is 1600. The van der Waals surface area contributed by atoms with Gasteiger partial charge >= 0.3 is 0 Å². The number of unbranched alkanes of at least 4 members (excludes halogenated alkanes) is 1. The molecule has 0 amide bonds. The van der Waals surface area contributed by atoms with Gasteiger partial charge in [0.2, 0.25) is 0 Å². The number of imidazole rings is 1. The van der Waals surface area contributed by atoms with Gasteiger partial charge in [-0.2, -0.15) is 0 Å². The van der Waals surface area contributed by atoms with Crippen molar-refractivity contribution in [3.05, 3.63) is 70.5 Å². The summed E-state index contributed by atoms with van der Waals surface area (Å²) in [7, 11) is 0. The highest BCUT2D eigenvalue weighted by Gasteiger charge is 2.23. The van der Waals surface area contributed by atoms with Gasteiger partial charge in [0.15, 0.2) is 0 Å². The van der Waals surface area contributed by atoms with E-state index in [-0.39, 0.29) is 5.41 Å². The number of para-hydroxylation sites is 1. The van der Waals surface area contributed by atoms with Crippen molar-refractivity contribution in [2.45, 2.75) is 85.7 Å². The Hall–Kier alpha value is -2.76. The number of nitrogens with one attached hydrogen (secondary N) is 1. The molecule has 1 aliphatic rings. The average Bonchev–Trinajstić information content (AvgIpc) is 3.46. The van der Waals surface area contributed by atoms with Gasteiger partial charge < -0.3 is 9.88 Å². The Balaban J connectivity index is 1.43. The van der Waals surface area contributed by atoms with Gasteiger partial charge in [-0.25, -0.2) is 4.98 Å².